The molecule has 0 rings (SSSR count). The number of unbranched alkanes of at least 4 members (excludes halogenated alkanes) is 36. The molecule has 2 amide bonds. The number of nitrogens with zero attached hydrogens (tertiary/aromatic N) is 6. The minimum Gasteiger partial charge on any atom is -0.437 e. The van der Waals surface area contributed by atoms with Crippen molar-refractivity contribution in [3.05, 3.63) is 0 Å². The van der Waals surface area contributed by atoms with Gasteiger partial charge < -0.3 is 96.3 Å². The second kappa shape index (κ2) is 80.7. The average molecular weight is 1460 g/mol. The Morgan fingerprint density at radius 1 is 0.314 bits per heavy atom. The van der Waals surface area contributed by atoms with Crippen LogP contribution in [0, 0.1) is 5.92 Å². The number of nitrogens with one attached hydrogen (secondary N) is 2. The number of carbonyl (C=O) groups is 2. The fourth-order valence-electron chi connectivity index (χ4n) is 13.2. The lowest BCUT2D eigenvalue weighted by atomic mass is 9.80. The molecule has 102 heavy (non-hydrogen) atoms. The molecule has 0 aliphatic rings. The average Bonchev–Trinajstić information content (AvgIpc) is 0.963. The first-order valence-corrected chi connectivity index (χ1v) is 42.0. The van der Waals surface area contributed by atoms with Crippen molar-refractivity contribution in [1.29, 1.82) is 0 Å². The molecule has 0 radical (unpaired) electrons. The van der Waals surface area contributed by atoms with Crippen LogP contribution in [0.4, 0.5) is 0 Å². The van der Waals surface area contributed by atoms with Crippen LogP contribution in [0.1, 0.15) is 322 Å². The lowest BCUT2D eigenvalue weighted by molar-refractivity contribution is -0.122. The zero-order valence-electron chi connectivity index (χ0n) is 68.3. The van der Waals surface area contributed by atoms with Gasteiger partial charge in [0.15, 0.2) is 0 Å². The molecule has 0 fully saturated rings. The van der Waals surface area contributed by atoms with E-state index in [4.69, 9.17) is 5.11 Å². The Kier molecular flexibility index (Phi) is 86.4. The van der Waals surface area contributed by atoms with Gasteiger partial charge in [-0.2, -0.15) is 0 Å². The highest BCUT2D eigenvalue weighted by Gasteiger charge is 2.26. The maximum absolute atomic E-state index is 12.2. The summed E-state index contributed by atoms with van der Waals surface area (Å²) in [5, 5.41) is 86.3. The summed E-state index contributed by atoms with van der Waals surface area (Å²) in [6, 6.07) is 0. The van der Waals surface area contributed by atoms with Gasteiger partial charge in [-0.3, -0.25) is 9.59 Å². The van der Waals surface area contributed by atoms with Gasteiger partial charge in [0.2, 0.25) is 11.8 Å². The van der Waals surface area contributed by atoms with Crippen LogP contribution in [0.3, 0.4) is 0 Å². The first kappa shape index (κ1) is 109. The molecule has 606 valence electrons. The Balaban J connectivity index is -0.000000631. The molecule has 0 saturated heterocycles. The number of amides is 2. The summed E-state index contributed by atoms with van der Waals surface area (Å²) < 4.78 is 0. The number of rotatable bonds is 75. The van der Waals surface area contributed by atoms with E-state index in [2.05, 4.69) is 43.7 Å². The Morgan fingerprint density at radius 2 is 0.569 bits per heavy atom. The molecular weight excluding hydrogens is 1290 g/mol. The third-order valence-corrected chi connectivity index (χ3v) is 20.4. The SMILES string of the molecule is CCCCCCC(=O)NCCCCCCC(CN(CCCCN(CCCN(C)B(C)O)B(C)O)B(C)O)CN(CCCCN(CCCN(C)B(C)O)B(C)O)B(C)O.CCCCCCCCCCCCCCCCCCCCCCCCCCCCCCCNC(=O)CCC[C@H](O)CO.O.O.O. The van der Waals surface area contributed by atoms with Crippen LogP contribution in [-0.4, -0.2) is 245 Å². The molecule has 0 bridgehead atoms. The minimum absolute atomic E-state index is 0. The third kappa shape index (κ3) is 74.1. The van der Waals surface area contributed by atoms with E-state index in [1.54, 1.807) is 27.3 Å². The predicted molar refractivity (Wildman–Crippen MR) is 441 cm³/mol. The van der Waals surface area contributed by atoms with Gasteiger partial charge in [0, 0.05) is 25.9 Å². The summed E-state index contributed by atoms with van der Waals surface area (Å²) in [7, 11) is 0.479. The highest BCUT2D eigenvalue weighted by molar-refractivity contribution is 6.46. The molecule has 0 saturated carbocycles. The van der Waals surface area contributed by atoms with E-state index in [-0.39, 0.29) is 40.8 Å². The Bertz CT molecular complexity index is 1660. The lowest BCUT2D eigenvalue weighted by Gasteiger charge is -2.33. The summed E-state index contributed by atoms with van der Waals surface area (Å²) >= 11 is 0. The van der Waals surface area contributed by atoms with Crippen LogP contribution in [0.5, 0.6) is 0 Å². The number of aliphatic hydroxyl groups excluding tert-OH is 2. The maximum atomic E-state index is 12.2. The van der Waals surface area contributed by atoms with Gasteiger partial charge in [0.1, 0.15) is 0 Å². The summed E-state index contributed by atoms with van der Waals surface area (Å²) in [6.07, 6.45) is 57.2. The monoisotopic (exact) mass is 1460 g/mol. The predicted octanol–water partition coefficient (Wildman–Crippen LogP) is 11.2. The zero-order chi connectivity index (χ0) is 73.8. The van der Waals surface area contributed by atoms with Crippen molar-refractivity contribution in [1.82, 2.24) is 39.5 Å². The van der Waals surface area contributed by atoms with Crippen LogP contribution >= 0.6 is 0 Å². The molecule has 0 unspecified atom stereocenters. The quantitative estimate of drug-likeness (QED) is 0.0200. The van der Waals surface area contributed by atoms with Gasteiger partial charge in [-0.1, -0.05) is 232 Å². The number of carbonyl (C=O) groups excluding carboxylic acids is 2. The zero-order valence-corrected chi connectivity index (χ0v) is 68.3. The fourth-order valence-corrected chi connectivity index (χ4v) is 13.2. The number of aliphatic hydroxyl groups is 2. The normalized spacial score (nSPS) is 11.7. The Morgan fingerprint density at radius 3 is 0.853 bits per heavy atom. The van der Waals surface area contributed by atoms with Gasteiger partial charge in [0.05, 0.1) is 12.7 Å². The van der Waals surface area contributed by atoms with Gasteiger partial charge in [-0.15, -0.1) is 0 Å². The van der Waals surface area contributed by atoms with E-state index in [0.717, 1.165) is 168 Å². The van der Waals surface area contributed by atoms with E-state index in [1.165, 1.54) is 193 Å². The fraction of sp³-hybridized carbons (Fsp3) is 0.973. The topological polar surface area (TPSA) is 334 Å². The highest BCUT2D eigenvalue weighted by Crippen LogP contribution is 2.20. The molecule has 0 heterocycles. The summed E-state index contributed by atoms with van der Waals surface area (Å²) in [5.41, 5.74) is 0. The number of hydrogen-bond acceptors (Lipinski definition) is 16. The van der Waals surface area contributed by atoms with Gasteiger partial charge in [-0.25, -0.2) is 0 Å². The summed E-state index contributed by atoms with van der Waals surface area (Å²) in [5.74, 6) is 0.466. The second-order valence-electron chi connectivity index (χ2n) is 30.1. The van der Waals surface area contributed by atoms with E-state index in [0.29, 0.717) is 25.7 Å². The molecule has 0 spiro atoms. The van der Waals surface area contributed by atoms with Crippen molar-refractivity contribution in [2.75, 3.05) is 99.2 Å². The van der Waals surface area contributed by atoms with Crippen LogP contribution in [-0.2, 0) is 9.59 Å². The summed E-state index contributed by atoms with van der Waals surface area (Å²) in [4.78, 5) is 36.1. The maximum Gasteiger partial charge on any atom is 0.376 e. The van der Waals surface area contributed by atoms with Gasteiger partial charge in [0.25, 0.3) is 0 Å². The van der Waals surface area contributed by atoms with Crippen LogP contribution in [0.25, 0.3) is 0 Å². The van der Waals surface area contributed by atoms with Crippen molar-refractivity contribution < 1.29 is 66.4 Å². The highest BCUT2D eigenvalue weighted by atomic mass is 16.3. The molecule has 0 aromatic rings. The third-order valence-electron chi connectivity index (χ3n) is 20.4. The van der Waals surface area contributed by atoms with Crippen molar-refractivity contribution in [2.45, 2.75) is 369 Å². The van der Waals surface area contributed by atoms with E-state index < -0.39 is 48.4 Å². The molecule has 21 nitrogen and oxygen atoms in total. The molecule has 16 N–H and O–H groups in total. The van der Waals surface area contributed by atoms with Crippen LogP contribution in [0.2, 0.25) is 40.9 Å². The second-order valence-corrected chi connectivity index (χ2v) is 30.1. The van der Waals surface area contributed by atoms with Gasteiger partial charge in [-0.05, 0) is 203 Å². The lowest BCUT2D eigenvalue weighted by Crippen LogP contribution is -2.47. The molecule has 0 aromatic heterocycles. The van der Waals surface area contributed by atoms with Crippen molar-refractivity contribution in [3.8, 4) is 0 Å². The first-order chi connectivity index (χ1) is 47.7. The van der Waals surface area contributed by atoms with Crippen LogP contribution in [0.15, 0.2) is 0 Å². The Hall–Kier alpha value is -1.35. The van der Waals surface area contributed by atoms with E-state index >= 15 is 0 Å². The molecule has 27 heteroatoms. The largest absolute Gasteiger partial charge is 0.437 e. The number of hydrogen-bond donors (Lipinski definition) is 10. The standard InChI is InChI=1S/C38H89B6N7O7.C37H75NO3.3H2O/c1-10-11-12-16-25-38(52)45-26-17-14-13-15-24-37(35-50(43(6)57)31-20-18-29-48(41(4)55)33-22-27-46(8)39(2)53)36-51(44(7)58)32-21-19-30-49(42(5)56)34-23-28-47(9)40(3)54;1-2-3-4-5-6-7-8-9-10-11-12-13-14-15-16-17-18-19-20-21-22-23-24-25-26-27-28-29-30-34-38-37(41)33-31-32-36(40)35-39;;;/h37,53-58H,10-36H2,1-9H3,(H,45,52);36,39-40H,2-35H2,1H3,(H,38,41);3*1H2/t;36-;;;/m.0.../s1. The first-order valence-electron chi connectivity index (χ1n) is 42.0. The summed E-state index contributed by atoms with van der Waals surface area (Å²) in [6.45, 7) is 23.9. The molecule has 0 aromatic carbocycles. The smallest absolute Gasteiger partial charge is 0.376 e. The van der Waals surface area contributed by atoms with Crippen molar-refractivity contribution >= 4 is 54.1 Å². The van der Waals surface area contributed by atoms with E-state index in [1.807, 2.05) is 37.4 Å². The molecular formula is C75H170B6N8O13. The Labute approximate surface area is 631 Å². The minimum atomic E-state index is -0.689. The van der Waals surface area contributed by atoms with Gasteiger partial charge >= 0.3 is 42.3 Å². The van der Waals surface area contributed by atoms with Crippen LogP contribution < -0.4 is 10.6 Å². The molecule has 1 atom stereocenters. The van der Waals surface area contributed by atoms with Crippen molar-refractivity contribution in [2.24, 2.45) is 5.92 Å². The molecule has 0 aliphatic heterocycles. The van der Waals surface area contributed by atoms with E-state index in [9.17, 15) is 44.8 Å². The van der Waals surface area contributed by atoms with Crippen molar-refractivity contribution in [3.63, 3.8) is 0 Å². The molecule has 0 aliphatic carbocycles.